The molecule has 4 heteroatoms. The summed E-state index contributed by atoms with van der Waals surface area (Å²) in [6, 6.07) is 7.79. The Labute approximate surface area is 107 Å². The van der Waals surface area contributed by atoms with E-state index < -0.39 is 0 Å². The van der Waals surface area contributed by atoms with Crippen molar-refractivity contribution in [2.45, 2.75) is 6.92 Å². The summed E-state index contributed by atoms with van der Waals surface area (Å²) in [5, 5.41) is 20.0. The number of aromatic hydroxyl groups is 1. The van der Waals surface area contributed by atoms with Crippen molar-refractivity contribution < 1.29 is 5.11 Å². The second-order valence-electron chi connectivity index (χ2n) is 4.46. The van der Waals surface area contributed by atoms with Crippen molar-refractivity contribution in [1.82, 2.24) is 0 Å². The van der Waals surface area contributed by atoms with E-state index in [9.17, 15) is 5.11 Å². The molecule has 0 radical (unpaired) electrons. The quantitative estimate of drug-likeness (QED) is 0.819. The van der Waals surface area contributed by atoms with E-state index >= 15 is 0 Å². The minimum absolute atomic E-state index is 0.310. The lowest BCUT2D eigenvalue weighted by Gasteiger charge is -2.19. The topological polar surface area (TPSA) is 48.2 Å². The lowest BCUT2D eigenvalue weighted by molar-refractivity contribution is 0.477. The van der Waals surface area contributed by atoms with Gasteiger partial charge in [0.15, 0.2) is 0 Å². The highest BCUT2D eigenvalue weighted by molar-refractivity contribution is 6.04. The van der Waals surface area contributed by atoms with Crippen molar-refractivity contribution in [3.63, 3.8) is 0 Å². The minimum atomic E-state index is 0.310. The van der Waals surface area contributed by atoms with Gasteiger partial charge in [-0.3, -0.25) is 0 Å². The van der Waals surface area contributed by atoms with Crippen molar-refractivity contribution in [2.75, 3.05) is 26.0 Å². The highest BCUT2D eigenvalue weighted by atomic mass is 16.3. The van der Waals surface area contributed by atoms with Crippen molar-refractivity contribution in [3.8, 4) is 5.75 Å². The largest absolute Gasteiger partial charge is 0.507 e. The number of azo groups is 1. The van der Waals surface area contributed by atoms with Crippen LogP contribution in [0.1, 0.15) is 5.56 Å². The minimum Gasteiger partial charge on any atom is -0.507 e. The van der Waals surface area contributed by atoms with Gasteiger partial charge in [-0.2, -0.15) is 10.2 Å². The second kappa shape index (κ2) is 4.64. The van der Waals surface area contributed by atoms with Gasteiger partial charge in [-0.1, -0.05) is 18.2 Å². The van der Waals surface area contributed by atoms with Crippen LogP contribution >= 0.6 is 0 Å². The van der Waals surface area contributed by atoms with Crippen LogP contribution in [0, 0.1) is 6.92 Å². The number of phenolic OH excluding ortho intramolecular Hbond substituents is 1. The van der Waals surface area contributed by atoms with E-state index in [1.165, 1.54) is 0 Å². The molecule has 2 rings (SSSR count). The molecule has 0 heterocycles. The summed E-state index contributed by atoms with van der Waals surface area (Å²) in [6.07, 6.45) is 0. The Kier molecular flexibility index (Phi) is 3.19. The number of benzene rings is 2. The third-order valence-electron chi connectivity index (χ3n) is 2.97. The molecule has 0 saturated heterocycles. The Morgan fingerprint density at radius 1 is 1.11 bits per heavy atom. The monoisotopic (exact) mass is 243 g/mol. The number of phenols is 1. The maximum atomic E-state index is 10.3. The van der Waals surface area contributed by atoms with Crippen LogP contribution in [-0.2, 0) is 0 Å². The number of hydrogen-bond donors (Lipinski definition) is 1. The predicted octanol–water partition coefficient (Wildman–Crippen LogP) is 3.63. The summed E-state index contributed by atoms with van der Waals surface area (Å²) in [5.41, 5.74) is 2.51. The maximum Gasteiger partial charge on any atom is 0.128 e. The molecule has 0 fully saturated rings. The molecule has 0 aliphatic rings. The molecule has 2 aromatic rings. The third-order valence-corrected chi connectivity index (χ3v) is 2.97. The van der Waals surface area contributed by atoms with Crippen molar-refractivity contribution in [2.24, 2.45) is 10.2 Å². The Bertz CT molecular complexity index is 618. The van der Waals surface area contributed by atoms with Gasteiger partial charge < -0.3 is 10.0 Å². The summed E-state index contributed by atoms with van der Waals surface area (Å²) >= 11 is 0. The molecule has 2 aromatic carbocycles. The first-order valence-corrected chi connectivity index (χ1v) is 5.78. The molecular weight excluding hydrogens is 226 g/mol. The molecule has 18 heavy (non-hydrogen) atoms. The molecule has 4 nitrogen and oxygen atoms in total. The van der Waals surface area contributed by atoms with Crippen LogP contribution in [-0.4, -0.2) is 26.2 Å². The number of hydrogen-bond acceptors (Lipinski definition) is 4. The lowest BCUT2D eigenvalue weighted by atomic mass is 10.0. The molecule has 0 atom stereocenters. The Morgan fingerprint density at radius 3 is 2.39 bits per heavy atom. The zero-order chi connectivity index (χ0) is 13.3. The Hall–Kier alpha value is -2.10. The lowest BCUT2D eigenvalue weighted by Crippen LogP contribution is -2.09. The van der Waals surface area contributed by atoms with Crippen molar-refractivity contribution in [3.05, 3.63) is 29.8 Å². The molecule has 0 aromatic heterocycles. The molecule has 0 bridgehead atoms. The van der Waals surface area contributed by atoms with Gasteiger partial charge in [0.05, 0.1) is 5.69 Å². The van der Waals surface area contributed by atoms with Crippen LogP contribution in [0.25, 0.3) is 10.8 Å². The van der Waals surface area contributed by atoms with Gasteiger partial charge in [0.1, 0.15) is 11.4 Å². The molecule has 1 N–H and O–H groups in total. The van der Waals surface area contributed by atoms with Crippen LogP contribution in [0.5, 0.6) is 5.75 Å². The SMILES string of the molecule is CN=Nc1ccc2ccc(C)c(O)c2c1N(C)C. The van der Waals surface area contributed by atoms with E-state index in [-0.39, 0.29) is 0 Å². The Morgan fingerprint density at radius 2 is 1.78 bits per heavy atom. The van der Waals surface area contributed by atoms with Crippen molar-refractivity contribution >= 4 is 22.1 Å². The summed E-state index contributed by atoms with van der Waals surface area (Å²) in [6.45, 7) is 1.89. The van der Waals surface area contributed by atoms with E-state index in [0.717, 1.165) is 27.7 Å². The first-order chi connectivity index (χ1) is 8.56. The first kappa shape index (κ1) is 12.4. The molecule has 0 aliphatic carbocycles. The average molecular weight is 243 g/mol. The van der Waals surface area contributed by atoms with Gasteiger partial charge in [-0.25, -0.2) is 0 Å². The predicted molar refractivity (Wildman–Crippen MR) is 75.1 cm³/mol. The number of nitrogens with zero attached hydrogens (tertiary/aromatic N) is 3. The maximum absolute atomic E-state index is 10.3. The van der Waals surface area contributed by atoms with Crippen LogP contribution in [0.2, 0.25) is 0 Å². The molecule has 0 spiro atoms. The second-order valence-corrected chi connectivity index (χ2v) is 4.46. The van der Waals surface area contributed by atoms with Gasteiger partial charge in [0.25, 0.3) is 0 Å². The van der Waals surface area contributed by atoms with E-state index in [2.05, 4.69) is 10.2 Å². The van der Waals surface area contributed by atoms with E-state index in [1.54, 1.807) is 7.05 Å². The zero-order valence-corrected chi connectivity index (χ0v) is 11.1. The van der Waals surface area contributed by atoms with Crippen LogP contribution in [0.3, 0.4) is 0 Å². The van der Waals surface area contributed by atoms with Gasteiger partial charge in [0, 0.05) is 26.5 Å². The highest BCUT2D eigenvalue weighted by Gasteiger charge is 2.14. The number of aryl methyl sites for hydroxylation is 1. The third kappa shape index (κ3) is 1.90. The molecule has 0 saturated carbocycles. The van der Waals surface area contributed by atoms with E-state index in [4.69, 9.17) is 0 Å². The summed E-state index contributed by atoms with van der Waals surface area (Å²) in [4.78, 5) is 1.95. The van der Waals surface area contributed by atoms with Crippen LogP contribution in [0.15, 0.2) is 34.5 Å². The molecule has 94 valence electrons. The van der Waals surface area contributed by atoms with Gasteiger partial charge in [0.2, 0.25) is 0 Å². The number of fused-ring (bicyclic) bond motifs is 1. The van der Waals surface area contributed by atoms with Gasteiger partial charge in [-0.05, 0) is 23.9 Å². The number of rotatable bonds is 2. The summed E-state index contributed by atoms with van der Waals surface area (Å²) < 4.78 is 0. The molecule has 0 aliphatic heterocycles. The molecule has 0 unspecified atom stereocenters. The Balaban J connectivity index is 2.92. The fraction of sp³-hybridized carbons (Fsp3) is 0.286. The summed E-state index contributed by atoms with van der Waals surface area (Å²) in [7, 11) is 5.51. The highest BCUT2D eigenvalue weighted by Crippen LogP contribution is 2.41. The van der Waals surface area contributed by atoms with Crippen LogP contribution < -0.4 is 4.90 Å². The smallest absolute Gasteiger partial charge is 0.128 e. The average Bonchev–Trinajstić information content (AvgIpc) is 2.34. The molecular formula is C14H17N3O. The zero-order valence-electron chi connectivity index (χ0n) is 11.1. The molecule has 0 amide bonds. The fourth-order valence-electron chi connectivity index (χ4n) is 2.12. The van der Waals surface area contributed by atoms with Gasteiger partial charge in [-0.15, -0.1) is 0 Å². The normalized spacial score (nSPS) is 11.3. The summed E-state index contributed by atoms with van der Waals surface area (Å²) in [5.74, 6) is 0.310. The van der Waals surface area contributed by atoms with Gasteiger partial charge >= 0.3 is 0 Å². The first-order valence-electron chi connectivity index (χ1n) is 5.78. The standard InChI is InChI=1S/C14H17N3O/c1-9-5-6-10-7-8-11(16-15-2)13(17(3)4)12(10)14(9)18/h5-8,18H,1-4H3. The van der Waals surface area contributed by atoms with Crippen LogP contribution in [0.4, 0.5) is 11.4 Å². The fourth-order valence-corrected chi connectivity index (χ4v) is 2.12. The van der Waals surface area contributed by atoms with E-state index in [1.807, 2.05) is 50.2 Å². The van der Waals surface area contributed by atoms with Crippen molar-refractivity contribution in [1.29, 1.82) is 0 Å². The number of anilines is 1. The van der Waals surface area contributed by atoms with E-state index in [0.29, 0.717) is 5.75 Å².